The third-order valence-corrected chi connectivity index (χ3v) is 8.56. The first-order valence-electron chi connectivity index (χ1n) is 15.9. The van der Waals surface area contributed by atoms with Gasteiger partial charge in [-0.3, -0.25) is 24.8 Å². The van der Waals surface area contributed by atoms with E-state index in [0.29, 0.717) is 51.8 Å². The monoisotopic (exact) mass is 638 g/mol. The number of H-pyrrole nitrogens is 2. The molecular formula is C37H31FN8O2. The lowest BCUT2D eigenvalue weighted by Crippen LogP contribution is -2.25. The number of anilines is 1. The van der Waals surface area contributed by atoms with Crippen molar-refractivity contribution in [3.8, 4) is 39.7 Å². The number of hydrogen-bond donors (Lipinski definition) is 3. The Morgan fingerprint density at radius 1 is 0.917 bits per heavy atom. The number of hydrogen-bond acceptors (Lipinski definition) is 7. The van der Waals surface area contributed by atoms with E-state index in [1.165, 1.54) is 25.0 Å². The SMILES string of the molecule is O=C(Nc1cncc(-c2ccc3[nH]nc(-c4cc5c(-c6cc(F)cc(OCCN7CCCC7)c6)nccc5[nH]4)c3n2)c1)c1ccccc1. The van der Waals surface area contributed by atoms with Crippen LogP contribution in [0.4, 0.5) is 10.1 Å². The average Bonchev–Trinajstić information content (AvgIpc) is 3.88. The van der Waals surface area contributed by atoms with Crippen LogP contribution < -0.4 is 10.1 Å². The lowest BCUT2D eigenvalue weighted by molar-refractivity contribution is 0.102. The molecule has 1 fully saturated rings. The van der Waals surface area contributed by atoms with E-state index < -0.39 is 0 Å². The predicted octanol–water partition coefficient (Wildman–Crippen LogP) is 7.10. The second-order valence-corrected chi connectivity index (χ2v) is 11.8. The normalized spacial score (nSPS) is 13.4. The maximum absolute atomic E-state index is 14.8. The lowest BCUT2D eigenvalue weighted by Gasteiger charge is -2.15. The first-order valence-corrected chi connectivity index (χ1v) is 15.9. The topological polar surface area (TPSA) is 125 Å². The number of aromatic amines is 2. The van der Waals surface area contributed by atoms with Crippen LogP contribution in [0.5, 0.6) is 5.75 Å². The number of likely N-dealkylation sites (tertiary alicyclic amines) is 1. The van der Waals surface area contributed by atoms with Crippen molar-refractivity contribution in [1.29, 1.82) is 0 Å². The molecule has 0 aliphatic carbocycles. The summed E-state index contributed by atoms with van der Waals surface area (Å²) in [4.78, 5) is 32.4. The average molecular weight is 639 g/mol. The third-order valence-electron chi connectivity index (χ3n) is 8.56. The Labute approximate surface area is 275 Å². The number of pyridine rings is 3. The molecule has 10 nitrogen and oxygen atoms in total. The molecule has 1 saturated heterocycles. The summed E-state index contributed by atoms with van der Waals surface area (Å²) in [5, 5.41) is 11.4. The molecule has 8 rings (SSSR count). The Morgan fingerprint density at radius 3 is 2.67 bits per heavy atom. The number of rotatable bonds is 9. The van der Waals surface area contributed by atoms with Gasteiger partial charge < -0.3 is 15.0 Å². The van der Waals surface area contributed by atoms with Crippen LogP contribution in [-0.2, 0) is 0 Å². The van der Waals surface area contributed by atoms with Crippen molar-refractivity contribution in [2.75, 3.05) is 31.6 Å². The predicted molar refractivity (Wildman–Crippen MR) is 183 cm³/mol. The molecule has 1 aliphatic heterocycles. The first kappa shape index (κ1) is 29.5. The molecule has 1 aliphatic rings. The maximum atomic E-state index is 14.8. The van der Waals surface area contributed by atoms with Gasteiger partial charge >= 0.3 is 0 Å². The van der Waals surface area contributed by atoms with E-state index in [-0.39, 0.29) is 11.7 Å². The van der Waals surface area contributed by atoms with Crippen LogP contribution in [0.1, 0.15) is 23.2 Å². The van der Waals surface area contributed by atoms with E-state index in [4.69, 9.17) is 9.72 Å². The summed E-state index contributed by atoms with van der Waals surface area (Å²) >= 11 is 0. The Bertz CT molecular complexity index is 2260. The number of ether oxygens (including phenoxy) is 1. The minimum absolute atomic E-state index is 0.220. The second-order valence-electron chi connectivity index (χ2n) is 11.8. The number of carbonyl (C=O) groups excluding carboxylic acids is 1. The van der Waals surface area contributed by atoms with Crippen LogP contribution in [0.25, 0.3) is 55.8 Å². The third kappa shape index (κ3) is 5.98. The molecule has 0 unspecified atom stereocenters. The van der Waals surface area contributed by atoms with Crippen LogP contribution in [0.15, 0.2) is 97.5 Å². The smallest absolute Gasteiger partial charge is 0.255 e. The fourth-order valence-electron chi connectivity index (χ4n) is 6.18. The molecule has 5 aromatic heterocycles. The zero-order chi connectivity index (χ0) is 32.5. The molecule has 11 heteroatoms. The Morgan fingerprint density at radius 2 is 1.79 bits per heavy atom. The summed E-state index contributed by atoms with van der Waals surface area (Å²) in [6.45, 7) is 3.49. The van der Waals surface area contributed by atoms with E-state index in [0.717, 1.165) is 47.3 Å². The fraction of sp³-hybridized carbons (Fsp3) is 0.162. The van der Waals surface area contributed by atoms with Gasteiger partial charge in [-0.15, -0.1) is 0 Å². The minimum atomic E-state index is -0.383. The van der Waals surface area contributed by atoms with Crippen molar-refractivity contribution in [1.82, 2.24) is 35.0 Å². The van der Waals surface area contributed by atoms with Crippen LogP contribution in [-0.4, -0.2) is 67.2 Å². The molecule has 6 heterocycles. The molecule has 0 radical (unpaired) electrons. The number of nitrogens with zero attached hydrogens (tertiary/aromatic N) is 5. The van der Waals surface area contributed by atoms with Crippen molar-refractivity contribution < 1.29 is 13.9 Å². The Hall–Kier alpha value is -5.94. The minimum Gasteiger partial charge on any atom is -0.492 e. The molecule has 0 spiro atoms. The van der Waals surface area contributed by atoms with Gasteiger partial charge in [-0.05, 0) is 80.5 Å². The molecule has 0 bridgehead atoms. The van der Waals surface area contributed by atoms with Gasteiger partial charge in [0.15, 0.2) is 0 Å². The van der Waals surface area contributed by atoms with Gasteiger partial charge in [0.25, 0.3) is 5.91 Å². The van der Waals surface area contributed by atoms with Gasteiger partial charge in [-0.2, -0.15) is 5.10 Å². The molecular weight excluding hydrogens is 607 g/mol. The van der Waals surface area contributed by atoms with Crippen molar-refractivity contribution in [3.05, 3.63) is 109 Å². The van der Waals surface area contributed by atoms with Crippen LogP contribution in [0.3, 0.4) is 0 Å². The number of benzene rings is 2. The highest BCUT2D eigenvalue weighted by Crippen LogP contribution is 2.35. The van der Waals surface area contributed by atoms with Crippen molar-refractivity contribution in [2.24, 2.45) is 0 Å². The van der Waals surface area contributed by atoms with Gasteiger partial charge in [-0.1, -0.05) is 18.2 Å². The van der Waals surface area contributed by atoms with E-state index in [9.17, 15) is 9.18 Å². The van der Waals surface area contributed by atoms with Gasteiger partial charge in [0, 0.05) is 52.6 Å². The van der Waals surface area contributed by atoms with Crippen molar-refractivity contribution >= 4 is 33.5 Å². The summed E-state index contributed by atoms with van der Waals surface area (Å²) in [5.74, 6) is -0.124. The first-order chi connectivity index (χ1) is 23.6. The van der Waals surface area contributed by atoms with Gasteiger partial charge in [0.05, 0.1) is 34.5 Å². The summed E-state index contributed by atoms with van der Waals surface area (Å²) in [6, 6.07) is 23.2. The summed E-state index contributed by atoms with van der Waals surface area (Å²) < 4.78 is 20.8. The Kier molecular flexibility index (Phi) is 7.79. The van der Waals surface area contributed by atoms with Crippen molar-refractivity contribution in [2.45, 2.75) is 12.8 Å². The van der Waals surface area contributed by atoms with E-state index in [1.807, 2.05) is 54.6 Å². The summed E-state index contributed by atoms with van der Waals surface area (Å²) in [7, 11) is 0. The molecule has 3 N–H and O–H groups in total. The number of carbonyl (C=O) groups is 1. The number of aromatic nitrogens is 6. The van der Waals surface area contributed by atoms with Gasteiger partial charge in [0.1, 0.15) is 29.4 Å². The van der Waals surface area contributed by atoms with Crippen LogP contribution in [0.2, 0.25) is 0 Å². The maximum Gasteiger partial charge on any atom is 0.255 e. The van der Waals surface area contributed by atoms with Crippen molar-refractivity contribution in [3.63, 3.8) is 0 Å². The largest absolute Gasteiger partial charge is 0.492 e. The van der Waals surface area contributed by atoms with Gasteiger partial charge in [0.2, 0.25) is 0 Å². The summed E-state index contributed by atoms with van der Waals surface area (Å²) in [6.07, 6.45) is 7.43. The zero-order valence-corrected chi connectivity index (χ0v) is 25.9. The zero-order valence-electron chi connectivity index (χ0n) is 25.9. The lowest BCUT2D eigenvalue weighted by atomic mass is 10.1. The van der Waals surface area contributed by atoms with Crippen LogP contribution in [0, 0.1) is 5.82 Å². The highest BCUT2D eigenvalue weighted by molar-refractivity contribution is 6.04. The Balaban J connectivity index is 1.08. The highest BCUT2D eigenvalue weighted by Gasteiger charge is 2.18. The molecule has 2 aromatic carbocycles. The highest BCUT2D eigenvalue weighted by atomic mass is 19.1. The van der Waals surface area contributed by atoms with E-state index in [1.54, 1.807) is 30.7 Å². The second kappa shape index (κ2) is 12.7. The van der Waals surface area contributed by atoms with E-state index >= 15 is 0 Å². The summed E-state index contributed by atoms with van der Waals surface area (Å²) in [5.41, 5.74) is 7.39. The molecule has 0 atom stereocenters. The fourth-order valence-corrected chi connectivity index (χ4v) is 6.18. The molecule has 238 valence electrons. The quantitative estimate of drug-likeness (QED) is 0.154. The van der Waals surface area contributed by atoms with E-state index in [2.05, 4.69) is 35.4 Å². The standard InChI is InChI=1S/C37H31FN8O2/c38-26-16-24(18-28(19-26)48-15-14-46-12-4-5-13-46)34-29-20-33(42-31(29)10-11-40-34)36-35-32(44-45-36)9-8-30(43-35)25-17-27(22-39-21-25)41-37(47)23-6-2-1-3-7-23/h1-3,6-11,16-22,42H,4-5,12-15H2,(H,41,47)(H,44,45). The molecule has 1 amide bonds. The molecule has 48 heavy (non-hydrogen) atoms. The number of halogens is 1. The molecule has 0 saturated carbocycles. The molecule has 7 aromatic rings. The van der Waals surface area contributed by atoms with Gasteiger partial charge in [-0.25, -0.2) is 9.37 Å². The number of amides is 1. The number of fused-ring (bicyclic) bond motifs is 2. The van der Waals surface area contributed by atoms with Crippen LogP contribution >= 0.6 is 0 Å². The number of nitrogens with one attached hydrogen (secondary N) is 3.